The van der Waals surface area contributed by atoms with Gasteiger partial charge in [-0.15, -0.1) is 0 Å². The number of rotatable bonds is 11. The van der Waals surface area contributed by atoms with E-state index in [0.717, 1.165) is 29.5 Å². The van der Waals surface area contributed by atoms with E-state index in [1.54, 1.807) is 12.1 Å². The quantitative estimate of drug-likeness (QED) is 0.634. The van der Waals surface area contributed by atoms with Crippen LogP contribution < -0.4 is 5.32 Å². The van der Waals surface area contributed by atoms with E-state index in [2.05, 4.69) is 5.32 Å². The largest absolute Gasteiger partial charge is 0.481 e. The number of hydrogen-bond donors (Lipinski definition) is 2. The minimum Gasteiger partial charge on any atom is -0.481 e. The van der Waals surface area contributed by atoms with Crippen LogP contribution in [0.1, 0.15) is 36.0 Å². The van der Waals surface area contributed by atoms with Crippen LogP contribution in [0, 0.1) is 5.82 Å². The van der Waals surface area contributed by atoms with Gasteiger partial charge in [-0.2, -0.15) is 0 Å². The monoisotopic (exact) mass is 371 g/mol. The fourth-order valence-corrected chi connectivity index (χ4v) is 3.02. The second-order valence-corrected chi connectivity index (χ2v) is 6.80. The smallest absolute Gasteiger partial charge is 0.303 e. The Morgan fingerprint density at radius 3 is 2.19 bits per heavy atom. The highest BCUT2D eigenvalue weighted by atomic mass is 19.1. The standard InChI is InChI=1S/C22H26FNO3/c1-24-20(15-21(25)14-18-9-11-19(23)12-10-18)13-17-7-5-16(6-8-17)3-2-4-22(26)27/h5-12,20,24H,2-4,13-15H2,1H3,(H,26,27). The van der Waals surface area contributed by atoms with E-state index in [1.807, 2.05) is 31.3 Å². The highest BCUT2D eigenvalue weighted by Crippen LogP contribution is 2.12. The predicted molar refractivity (Wildman–Crippen MR) is 103 cm³/mol. The molecule has 2 aromatic rings. The Balaban J connectivity index is 1.83. The lowest BCUT2D eigenvalue weighted by atomic mass is 9.97. The molecule has 0 spiro atoms. The Labute approximate surface area is 159 Å². The number of hydrogen-bond acceptors (Lipinski definition) is 3. The van der Waals surface area contributed by atoms with E-state index in [-0.39, 0.29) is 24.1 Å². The van der Waals surface area contributed by atoms with Crippen molar-refractivity contribution >= 4 is 11.8 Å². The zero-order chi connectivity index (χ0) is 19.6. The number of carboxylic acid groups (broad SMARTS) is 1. The zero-order valence-electron chi connectivity index (χ0n) is 15.6. The maximum absolute atomic E-state index is 12.9. The van der Waals surface area contributed by atoms with Gasteiger partial charge in [-0.25, -0.2) is 4.39 Å². The van der Waals surface area contributed by atoms with Crippen LogP contribution >= 0.6 is 0 Å². The number of ketones is 1. The van der Waals surface area contributed by atoms with Crippen LogP contribution in [0.4, 0.5) is 4.39 Å². The molecule has 1 unspecified atom stereocenters. The zero-order valence-corrected chi connectivity index (χ0v) is 15.6. The lowest BCUT2D eigenvalue weighted by Crippen LogP contribution is -2.30. The third kappa shape index (κ3) is 7.71. The van der Waals surface area contributed by atoms with Gasteiger partial charge in [-0.3, -0.25) is 9.59 Å². The Kier molecular flexibility index (Phi) is 8.14. The Morgan fingerprint density at radius 1 is 1.00 bits per heavy atom. The fourth-order valence-electron chi connectivity index (χ4n) is 3.02. The average molecular weight is 371 g/mol. The molecule has 0 heterocycles. The fraction of sp³-hybridized carbons (Fsp3) is 0.364. The molecule has 27 heavy (non-hydrogen) atoms. The lowest BCUT2D eigenvalue weighted by Gasteiger charge is -2.16. The minimum absolute atomic E-state index is 0.0378. The van der Waals surface area contributed by atoms with Gasteiger partial charge >= 0.3 is 5.97 Å². The molecule has 0 aliphatic carbocycles. The summed E-state index contributed by atoms with van der Waals surface area (Å²) in [6, 6.07) is 14.2. The molecule has 0 fully saturated rings. The number of carboxylic acids is 1. The van der Waals surface area contributed by atoms with E-state index in [0.29, 0.717) is 19.3 Å². The van der Waals surface area contributed by atoms with Crippen molar-refractivity contribution < 1.29 is 19.1 Å². The molecule has 2 N–H and O–H groups in total. The number of Topliss-reactive ketones (excluding diaryl/α,β-unsaturated/α-hetero) is 1. The molecule has 0 aromatic heterocycles. The number of benzene rings is 2. The molecular formula is C22H26FNO3. The number of carbonyl (C=O) groups excluding carboxylic acids is 1. The second-order valence-electron chi connectivity index (χ2n) is 6.80. The summed E-state index contributed by atoms with van der Waals surface area (Å²) in [6.45, 7) is 0. The van der Waals surface area contributed by atoms with Crippen molar-refractivity contribution in [1.82, 2.24) is 5.32 Å². The van der Waals surface area contributed by atoms with Gasteiger partial charge in [-0.05, 0) is 55.1 Å². The van der Waals surface area contributed by atoms with Crippen molar-refractivity contribution in [1.29, 1.82) is 0 Å². The topological polar surface area (TPSA) is 66.4 Å². The van der Waals surface area contributed by atoms with Crippen molar-refractivity contribution in [2.75, 3.05) is 7.05 Å². The summed E-state index contributed by atoms with van der Waals surface area (Å²) in [4.78, 5) is 22.9. The number of aryl methyl sites for hydroxylation is 1. The summed E-state index contributed by atoms with van der Waals surface area (Å²) in [5, 5.41) is 11.9. The summed E-state index contributed by atoms with van der Waals surface area (Å²) in [7, 11) is 1.84. The van der Waals surface area contributed by atoms with Crippen LogP contribution in [0.15, 0.2) is 48.5 Å². The molecule has 1 atom stereocenters. The summed E-state index contributed by atoms with van der Waals surface area (Å²) in [5.41, 5.74) is 3.07. The first-order chi connectivity index (χ1) is 13.0. The van der Waals surface area contributed by atoms with Crippen molar-refractivity contribution in [3.8, 4) is 0 Å². The van der Waals surface area contributed by atoms with Gasteiger partial charge in [0, 0.05) is 25.3 Å². The summed E-state index contributed by atoms with van der Waals surface area (Å²) < 4.78 is 12.9. The van der Waals surface area contributed by atoms with E-state index >= 15 is 0 Å². The van der Waals surface area contributed by atoms with Gasteiger partial charge < -0.3 is 10.4 Å². The van der Waals surface area contributed by atoms with Gasteiger partial charge in [0.25, 0.3) is 0 Å². The summed E-state index contributed by atoms with van der Waals surface area (Å²) in [5.74, 6) is -0.953. The molecule has 0 amide bonds. The van der Waals surface area contributed by atoms with Gasteiger partial charge in [-0.1, -0.05) is 36.4 Å². The van der Waals surface area contributed by atoms with Crippen LogP contribution in [-0.2, 0) is 28.9 Å². The second kappa shape index (κ2) is 10.6. The molecule has 0 saturated carbocycles. The molecule has 144 valence electrons. The SMILES string of the molecule is CNC(CC(=O)Cc1ccc(F)cc1)Cc1ccc(CCCC(=O)O)cc1. The van der Waals surface area contributed by atoms with E-state index in [1.165, 1.54) is 12.1 Å². The molecule has 0 bridgehead atoms. The molecule has 0 aliphatic rings. The van der Waals surface area contributed by atoms with Gasteiger partial charge in [0.05, 0.1) is 0 Å². The lowest BCUT2D eigenvalue weighted by molar-refractivity contribution is -0.137. The number of halogens is 1. The van der Waals surface area contributed by atoms with Gasteiger partial charge in [0.1, 0.15) is 11.6 Å². The van der Waals surface area contributed by atoms with Crippen LogP contribution in [-0.4, -0.2) is 29.9 Å². The van der Waals surface area contributed by atoms with Crippen LogP contribution in [0.3, 0.4) is 0 Å². The average Bonchev–Trinajstić information content (AvgIpc) is 2.64. The summed E-state index contributed by atoms with van der Waals surface area (Å²) in [6.07, 6.45) is 3.01. The first-order valence-corrected chi connectivity index (χ1v) is 9.19. The van der Waals surface area contributed by atoms with Crippen molar-refractivity contribution in [3.63, 3.8) is 0 Å². The van der Waals surface area contributed by atoms with Crippen LogP contribution in [0.5, 0.6) is 0 Å². The molecule has 0 radical (unpaired) electrons. The highest BCUT2D eigenvalue weighted by molar-refractivity contribution is 5.81. The van der Waals surface area contributed by atoms with Crippen molar-refractivity contribution in [2.45, 2.75) is 44.6 Å². The minimum atomic E-state index is -0.770. The van der Waals surface area contributed by atoms with Crippen LogP contribution in [0.25, 0.3) is 0 Å². The van der Waals surface area contributed by atoms with E-state index < -0.39 is 5.97 Å². The number of likely N-dealkylation sites (N-methyl/N-ethyl adjacent to an activating group) is 1. The first kappa shape index (κ1) is 20.8. The Bertz CT molecular complexity index is 741. The Hall–Kier alpha value is -2.53. The molecule has 2 aromatic carbocycles. The maximum Gasteiger partial charge on any atom is 0.303 e. The summed E-state index contributed by atoms with van der Waals surface area (Å²) >= 11 is 0. The number of nitrogens with one attached hydrogen (secondary N) is 1. The molecular weight excluding hydrogens is 345 g/mol. The maximum atomic E-state index is 12.9. The van der Waals surface area contributed by atoms with E-state index in [9.17, 15) is 14.0 Å². The first-order valence-electron chi connectivity index (χ1n) is 9.19. The predicted octanol–water partition coefficient (Wildman–Crippen LogP) is 3.57. The molecule has 5 heteroatoms. The van der Waals surface area contributed by atoms with Crippen molar-refractivity contribution in [2.24, 2.45) is 0 Å². The molecule has 2 rings (SSSR count). The van der Waals surface area contributed by atoms with E-state index in [4.69, 9.17) is 5.11 Å². The molecule has 0 saturated heterocycles. The van der Waals surface area contributed by atoms with Gasteiger partial charge in [0.15, 0.2) is 0 Å². The third-order valence-electron chi connectivity index (χ3n) is 4.56. The molecule has 0 aliphatic heterocycles. The highest BCUT2D eigenvalue weighted by Gasteiger charge is 2.13. The molecule has 4 nitrogen and oxygen atoms in total. The third-order valence-corrected chi connectivity index (χ3v) is 4.56. The Morgan fingerprint density at radius 2 is 1.59 bits per heavy atom. The van der Waals surface area contributed by atoms with Gasteiger partial charge in [0.2, 0.25) is 0 Å². The number of carbonyl (C=O) groups is 2. The number of aliphatic carboxylic acids is 1. The van der Waals surface area contributed by atoms with Crippen molar-refractivity contribution in [3.05, 3.63) is 71.0 Å². The van der Waals surface area contributed by atoms with Crippen LogP contribution in [0.2, 0.25) is 0 Å². The normalized spacial score (nSPS) is 11.9.